The number of aryl methyl sites for hydroxylation is 2. The van der Waals surface area contributed by atoms with Gasteiger partial charge in [0.05, 0.1) is 0 Å². The van der Waals surface area contributed by atoms with Crippen molar-refractivity contribution in [1.29, 1.82) is 0 Å². The molecule has 0 saturated carbocycles. The minimum Gasteiger partial charge on any atom is -1.00 e. The number of benzene rings is 4. The van der Waals surface area contributed by atoms with Crippen LogP contribution < -0.4 is 35.4 Å². The molecule has 0 fully saturated rings. The van der Waals surface area contributed by atoms with Crippen molar-refractivity contribution >= 4 is 40.7 Å². The first kappa shape index (κ1) is 30.2. The molecule has 6 rings (SSSR count). The van der Waals surface area contributed by atoms with Gasteiger partial charge in [-0.15, -0.1) is 89.0 Å². The molecule has 0 spiro atoms. The average Bonchev–Trinajstić information content (AvgIpc) is 3.39. The maximum atomic E-state index is 2.29. The van der Waals surface area contributed by atoms with E-state index < -0.39 is 0 Å². The predicted octanol–water partition coefficient (Wildman–Crippen LogP) is 2.04. The minimum atomic E-state index is 0. The molecular weight excluding hydrogens is 665 g/mol. The Labute approximate surface area is 247 Å². The van der Waals surface area contributed by atoms with E-state index in [1.807, 2.05) is 0 Å². The first-order valence-electron chi connectivity index (χ1n) is 11.4. The zero-order chi connectivity index (χ0) is 22.6. The monoisotopic (exact) mass is 692 g/mol. The molecule has 0 aromatic heterocycles. The van der Waals surface area contributed by atoms with Crippen LogP contribution in [0.3, 0.4) is 0 Å². The number of fused-ring (bicyclic) bond motifs is 2. The fourth-order valence-corrected chi connectivity index (χ4v) is 5.73. The van der Waals surface area contributed by atoms with Gasteiger partial charge in [-0.05, 0) is 10.9 Å². The van der Waals surface area contributed by atoms with Crippen molar-refractivity contribution in [1.82, 2.24) is 0 Å². The van der Waals surface area contributed by atoms with Crippen molar-refractivity contribution in [2.45, 2.75) is 13.8 Å². The molecule has 4 heteroatoms. The Morgan fingerprint density at radius 2 is 1.17 bits per heavy atom. The molecule has 0 aliphatic carbocycles. The van der Waals surface area contributed by atoms with E-state index in [0.717, 1.165) is 8.58 Å². The summed E-state index contributed by atoms with van der Waals surface area (Å²) in [4.78, 5) is 0. The van der Waals surface area contributed by atoms with Gasteiger partial charge in [0.1, 0.15) is 0 Å². The quantitative estimate of drug-likeness (QED) is 0.152. The van der Waals surface area contributed by atoms with Gasteiger partial charge in [0.25, 0.3) is 0 Å². The maximum Gasteiger partial charge on any atom is 4.00 e. The smallest absolute Gasteiger partial charge is 1.00 e. The van der Waals surface area contributed by atoms with Crippen LogP contribution in [0.15, 0.2) is 121 Å². The van der Waals surface area contributed by atoms with Gasteiger partial charge in [-0.25, -0.2) is 0 Å². The van der Waals surface area contributed by atoms with E-state index >= 15 is 0 Å². The second-order valence-corrected chi connectivity index (χ2v) is 9.82. The van der Waals surface area contributed by atoms with Gasteiger partial charge in [-0.1, -0.05) is 92.2 Å². The minimum absolute atomic E-state index is 0. The molecule has 6 aromatic carbocycles. The van der Waals surface area contributed by atoms with Crippen LogP contribution in [-0.4, -0.2) is 0 Å². The second kappa shape index (κ2) is 14.1. The van der Waals surface area contributed by atoms with Crippen molar-refractivity contribution < 1.29 is 50.7 Å². The van der Waals surface area contributed by atoms with Crippen LogP contribution in [0.5, 0.6) is 0 Å². The van der Waals surface area contributed by atoms with Gasteiger partial charge < -0.3 is 24.8 Å². The Bertz CT molecular complexity index is 1500. The SMILES string of the molecule is Cc1[cH-]c2ccccc2c1Pc1ccccc1.Cc1cc2c(-c3ccccc3)cccc2[cH-]1.[Cl-].[Cl-].[Hf+4]. The van der Waals surface area contributed by atoms with Crippen molar-refractivity contribution in [2.24, 2.45) is 0 Å². The first-order valence-corrected chi connectivity index (χ1v) is 12.4. The van der Waals surface area contributed by atoms with Gasteiger partial charge in [-0.2, -0.15) is 6.07 Å². The summed E-state index contributed by atoms with van der Waals surface area (Å²) in [5.41, 5.74) is 5.36. The maximum absolute atomic E-state index is 2.29. The van der Waals surface area contributed by atoms with Crippen molar-refractivity contribution in [2.75, 3.05) is 0 Å². The third-order valence-corrected chi connectivity index (χ3v) is 7.56. The van der Waals surface area contributed by atoms with Crippen LogP contribution in [-0.2, 0) is 25.8 Å². The normalized spacial score (nSPS) is 10.3. The molecule has 0 radical (unpaired) electrons. The summed E-state index contributed by atoms with van der Waals surface area (Å²) in [6, 6.07) is 43.2. The van der Waals surface area contributed by atoms with E-state index in [1.165, 1.54) is 54.4 Å². The van der Waals surface area contributed by atoms with Gasteiger partial charge >= 0.3 is 25.8 Å². The van der Waals surface area contributed by atoms with Gasteiger partial charge in [0.2, 0.25) is 0 Å². The molecule has 0 N–H and O–H groups in total. The topological polar surface area (TPSA) is 0 Å². The third kappa shape index (κ3) is 6.84. The van der Waals surface area contributed by atoms with Crippen LogP contribution in [0, 0.1) is 13.8 Å². The number of hydrogen-bond donors (Lipinski definition) is 0. The largest absolute Gasteiger partial charge is 4.00 e. The zero-order valence-electron chi connectivity index (χ0n) is 20.3. The molecule has 6 aromatic rings. The van der Waals surface area contributed by atoms with E-state index in [4.69, 9.17) is 0 Å². The second-order valence-electron chi connectivity index (χ2n) is 8.49. The van der Waals surface area contributed by atoms with E-state index in [9.17, 15) is 0 Å². The molecule has 0 amide bonds. The molecule has 0 bridgehead atoms. The Balaban J connectivity index is 0.000000234. The standard InChI is InChI=1S/C16H14P.C16H13.2ClH.Hf/c1-12-11-13-7-5-6-10-15(13)16(12)17-14-8-3-2-4-9-14;1-12-10-14-8-5-9-15(16(14)11-12)13-6-3-2-4-7-13;;;/h2-11,17H,1H3;2-11H,1H3;2*1H;/q2*-1;;;+4/p-2. The molecular formula is C32H27Cl2HfP. The van der Waals surface area contributed by atoms with Crippen LogP contribution in [0.2, 0.25) is 0 Å². The molecule has 1 atom stereocenters. The Morgan fingerprint density at radius 1 is 0.583 bits per heavy atom. The fraction of sp³-hybridized carbons (Fsp3) is 0.0625. The summed E-state index contributed by atoms with van der Waals surface area (Å²) in [6.45, 7) is 4.36. The number of hydrogen-bond acceptors (Lipinski definition) is 0. The van der Waals surface area contributed by atoms with E-state index in [2.05, 4.69) is 135 Å². The summed E-state index contributed by atoms with van der Waals surface area (Å²) in [6.07, 6.45) is 0. The Hall–Kier alpha value is -2.02. The van der Waals surface area contributed by atoms with Crippen LogP contribution in [0.4, 0.5) is 0 Å². The molecule has 0 aliphatic heterocycles. The summed E-state index contributed by atoms with van der Waals surface area (Å²) in [5, 5.41) is 8.36. The first-order chi connectivity index (χ1) is 16.2. The van der Waals surface area contributed by atoms with E-state index in [0.29, 0.717) is 0 Å². The van der Waals surface area contributed by atoms with E-state index in [1.54, 1.807) is 0 Å². The molecule has 178 valence electrons. The van der Waals surface area contributed by atoms with Crippen LogP contribution >= 0.6 is 8.58 Å². The van der Waals surface area contributed by atoms with E-state index in [-0.39, 0.29) is 50.7 Å². The summed E-state index contributed by atoms with van der Waals surface area (Å²) in [5.74, 6) is 0. The molecule has 0 heterocycles. The molecule has 0 saturated heterocycles. The number of rotatable bonds is 3. The van der Waals surface area contributed by atoms with Gasteiger partial charge in [0.15, 0.2) is 0 Å². The van der Waals surface area contributed by atoms with Crippen molar-refractivity contribution in [3.63, 3.8) is 0 Å². The molecule has 0 aliphatic rings. The Morgan fingerprint density at radius 3 is 1.89 bits per heavy atom. The molecule has 36 heavy (non-hydrogen) atoms. The van der Waals surface area contributed by atoms with Gasteiger partial charge in [-0.3, -0.25) is 0 Å². The van der Waals surface area contributed by atoms with Crippen LogP contribution in [0.1, 0.15) is 11.1 Å². The van der Waals surface area contributed by atoms with Crippen molar-refractivity contribution in [3.05, 3.63) is 132 Å². The summed E-state index contributed by atoms with van der Waals surface area (Å²) < 4.78 is 0. The predicted molar refractivity (Wildman–Crippen MR) is 148 cm³/mol. The fourth-order valence-electron chi connectivity index (χ4n) is 4.45. The molecule has 0 nitrogen and oxygen atoms in total. The zero-order valence-corrected chi connectivity index (χ0v) is 26.4. The third-order valence-electron chi connectivity index (χ3n) is 6.02. The average molecular weight is 692 g/mol. The summed E-state index contributed by atoms with van der Waals surface area (Å²) in [7, 11) is 0.754. The Kier molecular flexibility index (Phi) is 11.8. The van der Waals surface area contributed by atoms with Gasteiger partial charge in [0, 0.05) is 0 Å². The molecule has 1 unspecified atom stereocenters. The van der Waals surface area contributed by atoms with Crippen LogP contribution in [0.25, 0.3) is 32.7 Å². The van der Waals surface area contributed by atoms with Crippen molar-refractivity contribution in [3.8, 4) is 11.1 Å². The number of halogens is 2. The summed E-state index contributed by atoms with van der Waals surface area (Å²) >= 11 is 0.